The van der Waals surface area contributed by atoms with Crippen molar-refractivity contribution in [2.45, 2.75) is 110 Å². The van der Waals surface area contributed by atoms with Crippen molar-refractivity contribution < 1.29 is 23.7 Å². The van der Waals surface area contributed by atoms with Crippen LogP contribution in [0.25, 0.3) is 0 Å². The number of carbonyl (C=O) groups excluding carboxylic acids is 1. The maximum atomic E-state index is 14.2. The Labute approximate surface area is 447 Å². The maximum absolute atomic E-state index is 14.2. The van der Waals surface area contributed by atoms with E-state index >= 15 is 0 Å². The summed E-state index contributed by atoms with van der Waals surface area (Å²) in [5.74, 6) is 3.04. The molecule has 75 heavy (non-hydrogen) atoms. The Balaban J connectivity index is 0.000000211. The highest BCUT2D eigenvalue weighted by molar-refractivity contribution is 5.94. The molecular weight excluding hydrogens is 929 g/mol. The molecule has 1 amide bonds. The van der Waals surface area contributed by atoms with Crippen molar-refractivity contribution in [3.63, 3.8) is 0 Å². The van der Waals surface area contributed by atoms with Crippen molar-refractivity contribution in [2.75, 3.05) is 40.4 Å². The number of hydrogen-bond donors (Lipinski definition) is 1. The minimum absolute atomic E-state index is 0.0918. The Morgan fingerprint density at radius 2 is 0.960 bits per heavy atom. The zero-order chi connectivity index (χ0) is 51.9. The van der Waals surface area contributed by atoms with Gasteiger partial charge in [0, 0.05) is 56.9 Å². The summed E-state index contributed by atoms with van der Waals surface area (Å²) in [6, 6.07) is 63.0. The zero-order valence-electron chi connectivity index (χ0n) is 44.6. The topological polar surface area (TPSA) is 75.7 Å². The van der Waals surface area contributed by atoms with Gasteiger partial charge in [-0.2, -0.15) is 0 Å². The van der Waals surface area contributed by atoms with Crippen molar-refractivity contribution >= 4 is 5.91 Å². The fourth-order valence-electron chi connectivity index (χ4n) is 10.1. The second-order valence-corrected chi connectivity index (χ2v) is 20.0. The van der Waals surface area contributed by atoms with Crippen LogP contribution >= 0.6 is 0 Å². The van der Waals surface area contributed by atoms with E-state index in [1.807, 2.05) is 66.7 Å². The number of methoxy groups -OCH3 is 2. The van der Waals surface area contributed by atoms with Crippen molar-refractivity contribution in [3.8, 4) is 23.0 Å². The largest absolute Gasteiger partial charge is 0.493 e. The molecule has 0 atom stereocenters. The smallest absolute Gasteiger partial charge is 0.254 e. The van der Waals surface area contributed by atoms with Crippen LogP contribution < -0.4 is 24.3 Å². The third-order valence-electron chi connectivity index (χ3n) is 14.5. The number of benzene rings is 7. The van der Waals surface area contributed by atoms with E-state index in [1.54, 1.807) is 14.2 Å². The maximum Gasteiger partial charge on any atom is 0.254 e. The van der Waals surface area contributed by atoms with Crippen molar-refractivity contribution in [2.24, 2.45) is 0 Å². The summed E-state index contributed by atoms with van der Waals surface area (Å²) in [7, 11) is 3.35. The normalized spacial score (nSPS) is 14.3. The summed E-state index contributed by atoms with van der Waals surface area (Å²) < 4.78 is 23.4. The van der Waals surface area contributed by atoms with Gasteiger partial charge in [0.25, 0.3) is 5.91 Å². The molecule has 9 rings (SSSR count). The number of amides is 1. The second kappa shape index (κ2) is 29.3. The molecule has 0 aromatic heterocycles. The summed E-state index contributed by atoms with van der Waals surface area (Å²) in [4.78, 5) is 21.3. The van der Waals surface area contributed by atoms with Gasteiger partial charge in [0.05, 0.1) is 14.2 Å². The molecule has 2 aliphatic rings. The Morgan fingerprint density at radius 1 is 0.507 bits per heavy atom. The monoisotopic (exact) mass is 1010 g/mol. The SMILES string of the molecule is CCCCCc1ccc(C(=O)N(Cc2ccc(OC)c(OCc3ccccc3)c2)C2CCN(Cc3ccccc3)CC2)cc1.COc1ccc(CNC2CCN(Cc3ccccc3)CC2)cc1OCc1ccccc1. The first-order chi connectivity index (χ1) is 36.9. The molecule has 2 fully saturated rings. The fourth-order valence-corrected chi connectivity index (χ4v) is 10.1. The lowest BCUT2D eigenvalue weighted by molar-refractivity contribution is 0.0542. The number of unbranched alkanes of at least 4 members (excludes halogenated alkanes) is 2. The highest BCUT2D eigenvalue weighted by Crippen LogP contribution is 2.32. The van der Waals surface area contributed by atoms with Gasteiger partial charge in [-0.1, -0.05) is 165 Å². The van der Waals surface area contributed by atoms with Crippen LogP contribution in [-0.2, 0) is 45.8 Å². The first-order valence-electron chi connectivity index (χ1n) is 27.3. The Morgan fingerprint density at radius 3 is 1.45 bits per heavy atom. The third-order valence-corrected chi connectivity index (χ3v) is 14.5. The van der Waals surface area contributed by atoms with Crippen LogP contribution in [0.2, 0.25) is 0 Å². The van der Waals surface area contributed by atoms with E-state index in [9.17, 15) is 4.79 Å². The number of aryl methyl sites for hydroxylation is 1. The van der Waals surface area contributed by atoms with E-state index in [-0.39, 0.29) is 11.9 Å². The van der Waals surface area contributed by atoms with Gasteiger partial charge in [0.15, 0.2) is 23.0 Å². The molecule has 2 heterocycles. The lowest BCUT2D eigenvalue weighted by atomic mass is 9.99. The summed E-state index contributed by atoms with van der Waals surface area (Å²) in [6.07, 6.45) is 8.94. The van der Waals surface area contributed by atoms with Crippen LogP contribution in [0, 0.1) is 0 Å². The average Bonchev–Trinajstić information content (AvgIpc) is 3.47. The van der Waals surface area contributed by atoms with Gasteiger partial charge in [-0.25, -0.2) is 0 Å². The van der Waals surface area contributed by atoms with Gasteiger partial charge >= 0.3 is 0 Å². The predicted octanol–water partition coefficient (Wildman–Crippen LogP) is 13.3. The summed E-state index contributed by atoms with van der Waals surface area (Å²) in [6.45, 7) is 10.8. The van der Waals surface area contributed by atoms with E-state index in [2.05, 4.69) is 142 Å². The van der Waals surface area contributed by atoms with Gasteiger partial charge in [-0.15, -0.1) is 0 Å². The van der Waals surface area contributed by atoms with Crippen molar-refractivity contribution in [1.29, 1.82) is 0 Å². The number of piperidine rings is 2. The molecule has 7 aromatic rings. The summed E-state index contributed by atoms with van der Waals surface area (Å²) >= 11 is 0. The zero-order valence-corrected chi connectivity index (χ0v) is 44.6. The molecule has 9 nitrogen and oxygen atoms in total. The van der Waals surface area contributed by atoms with Gasteiger partial charge in [-0.05, 0) is 127 Å². The molecule has 0 spiro atoms. The summed E-state index contributed by atoms with van der Waals surface area (Å²) in [5, 5.41) is 3.74. The second-order valence-electron chi connectivity index (χ2n) is 20.0. The van der Waals surface area contributed by atoms with E-state index in [1.165, 1.54) is 54.4 Å². The number of hydrogen-bond acceptors (Lipinski definition) is 8. The third kappa shape index (κ3) is 17.1. The lowest BCUT2D eigenvalue weighted by Gasteiger charge is -2.39. The number of nitrogens with one attached hydrogen (secondary N) is 1. The minimum Gasteiger partial charge on any atom is -0.493 e. The van der Waals surface area contributed by atoms with Crippen LogP contribution in [0.1, 0.15) is 101 Å². The molecule has 1 N–H and O–H groups in total. The van der Waals surface area contributed by atoms with Crippen LogP contribution in [0.5, 0.6) is 23.0 Å². The number of carbonyl (C=O) groups is 1. The molecular formula is C66H78N4O5. The highest BCUT2D eigenvalue weighted by atomic mass is 16.5. The first kappa shape index (κ1) is 54.4. The van der Waals surface area contributed by atoms with E-state index in [4.69, 9.17) is 18.9 Å². The molecule has 0 radical (unpaired) electrons. The standard InChI is InChI=1S/C39H46N2O3.C27H32N2O2/c1-3-4-7-12-31-17-20-35(21-18-31)39(42)41(36-23-25-40(26-24-36)28-32-13-8-5-9-14-32)29-34-19-22-37(43-2)38(27-34)44-30-33-15-10-6-11-16-33;1-30-26-13-12-24(18-27(26)31-21-23-10-6-3-7-11-23)19-28-25-14-16-29(17-15-25)20-22-8-4-2-5-9-22/h5-6,8-11,13-22,27,36H,3-4,7,12,23-26,28-30H2,1-2H3;2-13,18,25,28H,14-17,19-21H2,1H3. The lowest BCUT2D eigenvalue weighted by Crippen LogP contribution is -2.46. The van der Waals surface area contributed by atoms with Crippen LogP contribution in [0.3, 0.4) is 0 Å². The van der Waals surface area contributed by atoms with E-state index in [0.29, 0.717) is 37.3 Å². The number of nitrogens with zero attached hydrogens (tertiary/aromatic N) is 3. The molecule has 2 aliphatic heterocycles. The fraction of sp³-hybridized carbons (Fsp3) is 0.348. The molecule has 2 saturated heterocycles. The molecule has 0 saturated carbocycles. The molecule has 7 aromatic carbocycles. The number of likely N-dealkylation sites (tertiary alicyclic amines) is 2. The predicted molar refractivity (Wildman–Crippen MR) is 303 cm³/mol. The number of ether oxygens (including phenoxy) is 4. The average molecular weight is 1010 g/mol. The van der Waals surface area contributed by atoms with Crippen molar-refractivity contribution in [1.82, 2.24) is 20.0 Å². The molecule has 0 unspecified atom stereocenters. The van der Waals surface area contributed by atoms with Gasteiger partial charge in [0.1, 0.15) is 13.2 Å². The molecule has 0 aliphatic carbocycles. The Kier molecular flexibility index (Phi) is 21.2. The highest BCUT2D eigenvalue weighted by Gasteiger charge is 2.29. The minimum atomic E-state index is 0.0918. The van der Waals surface area contributed by atoms with Crippen LogP contribution in [0.4, 0.5) is 0 Å². The molecule has 0 bridgehead atoms. The van der Waals surface area contributed by atoms with Crippen LogP contribution in [0.15, 0.2) is 182 Å². The van der Waals surface area contributed by atoms with E-state index in [0.717, 1.165) is 98.8 Å². The summed E-state index contributed by atoms with van der Waals surface area (Å²) in [5.41, 5.74) is 9.28. The quantitative estimate of drug-likeness (QED) is 0.0635. The van der Waals surface area contributed by atoms with Crippen LogP contribution in [-0.4, -0.2) is 73.1 Å². The van der Waals surface area contributed by atoms with Gasteiger partial charge < -0.3 is 29.2 Å². The first-order valence-corrected chi connectivity index (χ1v) is 27.3. The van der Waals surface area contributed by atoms with Crippen molar-refractivity contribution in [3.05, 3.63) is 226 Å². The Bertz CT molecular complexity index is 2730. The van der Waals surface area contributed by atoms with E-state index < -0.39 is 0 Å². The molecule has 9 heteroatoms. The van der Waals surface area contributed by atoms with Gasteiger partial charge in [-0.3, -0.25) is 14.6 Å². The Hall–Kier alpha value is -6.91. The number of rotatable bonds is 23. The van der Waals surface area contributed by atoms with Gasteiger partial charge in [0.2, 0.25) is 0 Å². The molecule has 392 valence electrons.